The smallest absolute Gasteiger partial charge is 0.491 e. The predicted molar refractivity (Wildman–Crippen MR) is 57.6 cm³/mol. The van der Waals surface area contributed by atoms with E-state index in [4.69, 9.17) is 9.84 Å². The number of benzene rings is 1. The van der Waals surface area contributed by atoms with Gasteiger partial charge >= 0.3 is 6.36 Å². The lowest BCUT2D eigenvalue weighted by Crippen LogP contribution is -2.18. The molecule has 0 radical (unpaired) electrons. The van der Waals surface area contributed by atoms with Gasteiger partial charge in [0.25, 0.3) is 0 Å². The van der Waals surface area contributed by atoms with E-state index in [0.29, 0.717) is 11.3 Å². The van der Waals surface area contributed by atoms with E-state index in [1.54, 1.807) is 18.2 Å². The molecule has 7 heteroatoms. The molecule has 0 heterocycles. The second-order valence-electron chi connectivity index (χ2n) is 3.05. The van der Waals surface area contributed by atoms with Gasteiger partial charge in [0.05, 0.1) is 13.2 Å². The van der Waals surface area contributed by atoms with Gasteiger partial charge in [0.1, 0.15) is 12.4 Å². The van der Waals surface area contributed by atoms with Gasteiger partial charge in [-0.05, 0) is 18.2 Å². The Balaban J connectivity index is 2.46. The first-order valence-corrected chi connectivity index (χ1v) is 5.44. The first-order chi connectivity index (χ1) is 7.92. The zero-order chi connectivity index (χ0) is 12.9. The summed E-state index contributed by atoms with van der Waals surface area (Å²) in [7, 11) is 0. The fourth-order valence-electron chi connectivity index (χ4n) is 1.12. The monoisotopic (exact) mass is 314 g/mol. The molecule has 0 unspecified atom stereocenters. The van der Waals surface area contributed by atoms with Crippen LogP contribution in [0.5, 0.6) is 5.75 Å². The molecule has 0 aliphatic heterocycles. The van der Waals surface area contributed by atoms with Crippen molar-refractivity contribution in [2.45, 2.75) is 13.0 Å². The molecule has 1 rings (SSSR count). The summed E-state index contributed by atoms with van der Waals surface area (Å²) in [6, 6.07) is 4.85. The number of aliphatic hydroxyl groups is 1. The first-order valence-electron chi connectivity index (χ1n) is 4.65. The summed E-state index contributed by atoms with van der Waals surface area (Å²) >= 11 is 3.20. The highest BCUT2D eigenvalue weighted by molar-refractivity contribution is 9.10. The summed E-state index contributed by atoms with van der Waals surface area (Å²) in [5.41, 5.74) is 0.492. The van der Waals surface area contributed by atoms with Gasteiger partial charge in [0, 0.05) is 10.0 Å². The van der Waals surface area contributed by atoms with E-state index in [-0.39, 0.29) is 13.2 Å². The lowest BCUT2D eigenvalue weighted by atomic mass is 10.2. The number of aliphatic hydroxyl groups excluding tert-OH is 1. The lowest BCUT2D eigenvalue weighted by Gasteiger charge is -2.11. The van der Waals surface area contributed by atoms with Crippen LogP contribution in [-0.4, -0.2) is 24.7 Å². The summed E-state index contributed by atoms with van der Waals surface area (Å²) in [6.45, 7) is -1.09. The molecule has 1 aromatic carbocycles. The largest absolute Gasteiger partial charge is 0.522 e. The Morgan fingerprint density at radius 3 is 2.53 bits per heavy atom. The van der Waals surface area contributed by atoms with Crippen LogP contribution in [0.2, 0.25) is 0 Å². The SMILES string of the molecule is OCc1cc(Br)ccc1OCCOC(F)(F)F. The van der Waals surface area contributed by atoms with E-state index in [1.807, 2.05) is 0 Å². The van der Waals surface area contributed by atoms with Crippen LogP contribution in [0, 0.1) is 0 Å². The van der Waals surface area contributed by atoms with Gasteiger partial charge < -0.3 is 9.84 Å². The number of hydrogen-bond donors (Lipinski definition) is 1. The molecule has 0 amide bonds. The summed E-state index contributed by atoms with van der Waals surface area (Å²) in [4.78, 5) is 0. The van der Waals surface area contributed by atoms with E-state index < -0.39 is 13.0 Å². The minimum atomic E-state index is -4.65. The number of halogens is 4. The van der Waals surface area contributed by atoms with Crippen LogP contribution in [0.4, 0.5) is 13.2 Å². The Morgan fingerprint density at radius 2 is 1.94 bits per heavy atom. The maximum atomic E-state index is 11.7. The van der Waals surface area contributed by atoms with E-state index in [1.165, 1.54) is 0 Å². The van der Waals surface area contributed by atoms with E-state index >= 15 is 0 Å². The van der Waals surface area contributed by atoms with Gasteiger partial charge in [-0.3, -0.25) is 4.74 Å². The van der Waals surface area contributed by atoms with Gasteiger partial charge in [-0.15, -0.1) is 13.2 Å². The Labute approximate surface area is 104 Å². The quantitative estimate of drug-likeness (QED) is 0.849. The van der Waals surface area contributed by atoms with Crippen LogP contribution in [0.1, 0.15) is 5.56 Å². The molecule has 17 heavy (non-hydrogen) atoms. The van der Waals surface area contributed by atoms with Crippen LogP contribution >= 0.6 is 15.9 Å². The van der Waals surface area contributed by atoms with Crippen molar-refractivity contribution in [3.63, 3.8) is 0 Å². The normalized spacial score (nSPS) is 11.6. The first kappa shape index (κ1) is 14.3. The number of hydrogen-bond acceptors (Lipinski definition) is 3. The van der Waals surface area contributed by atoms with Crippen molar-refractivity contribution in [3.8, 4) is 5.75 Å². The molecule has 0 fully saturated rings. The van der Waals surface area contributed by atoms with Crippen LogP contribution in [-0.2, 0) is 11.3 Å². The zero-order valence-corrected chi connectivity index (χ0v) is 10.2. The molecule has 0 saturated carbocycles. The van der Waals surface area contributed by atoms with Crippen molar-refractivity contribution in [2.24, 2.45) is 0 Å². The highest BCUT2D eigenvalue weighted by Crippen LogP contribution is 2.23. The molecule has 1 aromatic rings. The highest BCUT2D eigenvalue weighted by Gasteiger charge is 2.28. The van der Waals surface area contributed by atoms with Gasteiger partial charge in [0.15, 0.2) is 0 Å². The molecule has 1 N–H and O–H groups in total. The number of rotatable bonds is 5. The van der Waals surface area contributed by atoms with Crippen molar-refractivity contribution < 1.29 is 27.8 Å². The Kier molecular flexibility index (Phi) is 5.23. The number of alkyl halides is 3. The Hall–Kier alpha value is -0.790. The molecule has 0 spiro atoms. The average Bonchev–Trinajstić information content (AvgIpc) is 2.24. The van der Waals surface area contributed by atoms with Crippen molar-refractivity contribution in [1.29, 1.82) is 0 Å². The second kappa shape index (κ2) is 6.23. The minimum absolute atomic E-state index is 0.242. The number of ether oxygens (including phenoxy) is 2. The van der Waals surface area contributed by atoms with Crippen LogP contribution in [0.15, 0.2) is 22.7 Å². The molecule has 0 saturated heterocycles. The van der Waals surface area contributed by atoms with Gasteiger partial charge in [-0.1, -0.05) is 15.9 Å². The van der Waals surface area contributed by atoms with Crippen molar-refractivity contribution in [1.82, 2.24) is 0 Å². The van der Waals surface area contributed by atoms with Crippen molar-refractivity contribution in [2.75, 3.05) is 13.2 Å². The minimum Gasteiger partial charge on any atom is -0.491 e. The third kappa shape index (κ3) is 5.38. The molecular weight excluding hydrogens is 305 g/mol. The summed E-state index contributed by atoms with van der Waals surface area (Å²) in [6.07, 6.45) is -4.65. The fourth-order valence-corrected chi connectivity index (χ4v) is 1.53. The van der Waals surface area contributed by atoms with Gasteiger partial charge in [-0.25, -0.2) is 0 Å². The van der Waals surface area contributed by atoms with Crippen LogP contribution < -0.4 is 4.74 Å². The summed E-state index contributed by atoms with van der Waals surface area (Å²) in [5.74, 6) is 0.335. The molecule has 96 valence electrons. The van der Waals surface area contributed by atoms with Crippen LogP contribution in [0.25, 0.3) is 0 Å². The third-order valence-corrected chi connectivity index (χ3v) is 2.29. The topological polar surface area (TPSA) is 38.7 Å². The summed E-state index contributed by atoms with van der Waals surface area (Å²) < 4.78 is 44.3. The fraction of sp³-hybridized carbons (Fsp3) is 0.400. The van der Waals surface area contributed by atoms with Crippen LogP contribution in [0.3, 0.4) is 0 Å². The van der Waals surface area contributed by atoms with Crippen molar-refractivity contribution in [3.05, 3.63) is 28.2 Å². The molecule has 0 aromatic heterocycles. The molecule has 0 aliphatic carbocycles. The maximum absolute atomic E-state index is 11.7. The molecule has 0 bridgehead atoms. The Bertz CT molecular complexity index is 368. The lowest BCUT2D eigenvalue weighted by molar-refractivity contribution is -0.325. The molecular formula is C10H10BrF3O3. The molecule has 3 nitrogen and oxygen atoms in total. The molecule has 0 aliphatic rings. The zero-order valence-electron chi connectivity index (χ0n) is 8.63. The van der Waals surface area contributed by atoms with E-state index in [9.17, 15) is 13.2 Å². The average molecular weight is 315 g/mol. The van der Waals surface area contributed by atoms with E-state index in [0.717, 1.165) is 4.47 Å². The second-order valence-corrected chi connectivity index (χ2v) is 3.97. The van der Waals surface area contributed by atoms with Gasteiger partial charge in [0.2, 0.25) is 0 Å². The highest BCUT2D eigenvalue weighted by atomic mass is 79.9. The standard InChI is InChI=1S/C10H10BrF3O3/c11-8-1-2-9(7(5-8)6-15)16-3-4-17-10(12,13)14/h1-2,5,15H,3-4,6H2. The molecule has 0 atom stereocenters. The summed E-state index contributed by atoms with van der Waals surface area (Å²) in [5, 5.41) is 9.02. The van der Waals surface area contributed by atoms with E-state index in [2.05, 4.69) is 20.7 Å². The van der Waals surface area contributed by atoms with Gasteiger partial charge in [-0.2, -0.15) is 0 Å². The third-order valence-electron chi connectivity index (χ3n) is 1.80. The van der Waals surface area contributed by atoms with Crippen molar-refractivity contribution >= 4 is 15.9 Å². The Morgan fingerprint density at radius 1 is 1.24 bits per heavy atom. The predicted octanol–water partition coefficient (Wildman–Crippen LogP) is 2.86. The maximum Gasteiger partial charge on any atom is 0.522 e.